The average molecular weight is 382 g/mol. The molecule has 1 atom stereocenters. The molecule has 27 heavy (non-hydrogen) atoms. The van der Waals surface area contributed by atoms with Gasteiger partial charge in [0, 0.05) is 11.1 Å². The minimum Gasteiger partial charge on any atom is -0.481 e. The molecule has 1 amide bonds. The Bertz CT molecular complexity index is 970. The number of fused-ring (bicyclic) bond motifs is 1. The number of hydrogen-bond acceptors (Lipinski definition) is 2. The van der Waals surface area contributed by atoms with E-state index in [1.54, 1.807) is 18.2 Å². The molecular formula is C22H20ClNO3. The fourth-order valence-corrected chi connectivity index (χ4v) is 3.36. The first-order chi connectivity index (χ1) is 13.0. The summed E-state index contributed by atoms with van der Waals surface area (Å²) in [5.74, 6) is -1.16. The third kappa shape index (κ3) is 5.56. The molecule has 0 aliphatic carbocycles. The Hall–Kier alpha value is -2.85. The van der Waals surface area contributed by atoms with Gasteiger partial charge in [0.05, 0.1) is 12.8 Å². The number of carboxylic acid groups (broad SMARTS) is 1. The molecule has 0 spiro atoms. The quantitative estimate of drug-likeness (QED) is 0.643. The number of nitrogens with one attached hydrogen (secondary N) is 1. The maximum atomic E-state index is 12.4. The molecule has 4 nitrogen and oxygen atoms in total. The lowest BCUT2D eigenvalue weighted by molar-refractivity contribution is -0.137. The van der Waals surface area contributed by atoms with Gasteiger partial charge in [-0.2, -0.15) is 0 Å². The Labute approximate surface area is 162 Å². The summed E-state index contributed by atoms with van der Waals surface area (Å²) >= 11 is 5.95. The lowest BCUT2D eigenvalue weighted by Gasteiger charge is -2.17. The topological polar surface area (TPSA) is 66.4 Å². The Kier molecular flexibility index (Phi) is 6.09. The molecule has 2 N–H and O–H groups in total. The highest BCUT2D eigenvalue weighted by Gasteiger charge is 2.17. The van der Waals surface area contributed by atoms with Gasteiger partial charge in [-0.25, -0.2) is 0 Å². The highest BCUT2D eigenvalue weighted by molar-refractivity contribution is 6.30. The number of aliphatic carboxylic acids is 1. The van der Waals surface area contributed by atoms with Gasteiger partial charge in [0.15, 0.2) is 0 Å². The third-order valence-electron chi connectivity index (χ3n) is 4.34. The van der Waals surface area contributed by atoms with Gasteiger partial charge in [-0.1, -0.05) is 66.2 Å². The Morgan fingerprint density at radius 3 is 2.44 bits per heavy atom. The van der Waals surface area contributed by atoms with Crippen molar-refractivity contribution in [2.75, 3.05) is 0 Å². The number of rotatable bonds is 7. The van der Waals surface area contributed by atoms with Crippen LogP contribution in [0.3, 0.4) is 0 Å². The molecule has 0 unspecified atom stereocenters. The first-order valence-electron chi connectivity index (χ1n) is 8.73. The molecule has 0 saturated carbocycles. The van der Waals surface area contributed by atoms with Gasteiger partial charge < -0.3 is 10.4 Å². The number of benzene rings is 3. The molecule has 0 heterocycles. The molecule has 0 saturated heterocycles. The van der Waals surface area contributed by atoms with Crippen molar-refractivity contribution in [3.63, 3.8) is 0 Å². The minimum atomic E-state index is -0.941. The van der Waals surface area contributed by atoms with Crippen LogP contribution in [0.15, 0.2) is 66.7 Å². The van der Waals surface area contributed by atoms with Crippen LogP contribution in [0.2, 0.25) is 5.02 Å². The molecular weight excluding hydrogens is 362 g/mol. The van der Waals surface area contributed by atoms with Crippen molar-refractivity contribution in [1.29, 1.82) is 0 Å². The van der Waals surface area contributed by atoms with Crippen LogP contribution in [-0.2, 0) is 22.4 Å². The summed E-state index contributed by atoms with van der Waals surface area (Å²) in [6, 6.07) is 20.6. The molecule has 3 rings (SSSR count). The summed E-state index contributed by atoms with van der Waals surface area (Å²) in [5, 5.41) is 14.8. The molecule has 0 aliphatic heterocycles. The normalized spacial score (nSPS) is 11.9. The summed E-state index contributed by atoms with van der Waals surface area (Å²) in [6.45, 7) is 0. The number of carboxylic acids is 1. The van der Waals surface area contributed by atoms with E-state index in [1.165, 1.54) is 0 Å². The van der Waals surface area contributed by atoms with Crippen molar-refractivity contribution in [2.45, 2.75) is 25.3 Å². The molecule has 0 aliphatic rings. The van der Waals surface area contributed by atoms with Gasteiger partial charge in [0.1, 0.15) is 0 Å². The maximum Gasteiger partial charge on any atom is 0.305 e. The van der Waals surface area contributed by atoms with Crippen LogP contribution in [0.25, 0.3) is 10.8 Å². The summed E-state index contributed by atoms with van der Waals surface area (Å²) in [6.07, 6.45) is 0.487. The van der Waals surface area contributed by atoms with Gasteiger partial charge in [0.2, 0.25) is 5.91 Å². The van der Waals surface area contributed by atoms with Crippen LogP contribution >= 0.6 is 11.6 Å². The fourth-order valence-electron chi connectivity index (χ4n) is 3.15. The average Bonchev–Trinajstić information content (AvgIpc) is 2.61. The van der Waals surface area contributed by atoms with E-state index in [-0.39, 0.29) is 18.7 Å². The van der Waals surface area contributed by atoms with Crippen LogP contribution in [0, 0.1) is 0 Å². The largest absolute Gasteiger partial charge is 0.481 e. The van der Waals surface area contributed by atoms with Crippen LogP contribution < -0.4 is 5.32 Å². The van der Waals surface area contributed by atoms with Gasteiger partial charge in [-0.15, -0.1) is 0 Å². The molecule has 0 radical (unpaired) electrons. The van der Waals surface area contributed by atoms with Crippen molar-refractivity contribution < 1.29 is 14.7 Å². The van der Waals surface area contributed by atoms with Crippen LogP contribution in [0.1, 0.15) is 17.5 Å². The van der Waals surface area contributed by atoms with Crippen LogP contribution in [0.4, 0.5) is 0 Å². The monoisotopic (exact) mass is 381 g/mol. The van der Waals surface area contributed by atoms with Gasteiger partial charge in [-0.3, -0.25) is 9.59 Å². The van der Waals surface area contributed by atoms with E-state index in [4.69, 9.17) is 11.6 Å². The summed E-state index contributed by atoms with van der Waals surface area (Å²) in [4.78, 5) is 23.6. The van der Waals surface area contributed by atoms with Gasteiger partial charge >= 0.3 is 5.97 Å². The highest BCUT2D eigenvalue weighted by atomic mass is 35.5. The second kappa shape index (κ2) is 8.69. The number of carbonyl (C=O) groups excluding carboxylic acids is 1. The molecule has 0 fully saturated rings. The molecule has 0 aromatic heterocycles. The predicted octanol–water partition coefficient (Wildman–Crippen LogP) is 4.24. The summed E-state index contributed by atoms with van der Waals surface area (Å²) in [7, 11) is 0. The van der Waals surface area contributed by atoms with Crippen LogP contribution in [0.5, 0.6) is 0 Å². The molecule has 0 bridgehead atoms. The second-order valence-electron chi connectivity index (χ2n) is 6.55. The van der Waals surface area contributed by atoms with E-state index in [2.05, 4.69) is 5.32 Å². The molecule has 138 valence electrons. The first-order valence-corrected chi connectivity index (χ1v) is 9.10. The van der Waals surface area contributed by atoms with E-state index in [9.17, 15) is 14.7 Å². The van der Waals surface area contributed by atoms with Crippen molar-refractivity contribution in [2.24, 2.45) is 0 Å². The van der Waals surface area contributed by atoms with Crippen molar-refractivity contribution in [1.82, 2.24) is 5.32 Å². The lowest BCUT2D eigenvalue weighted by atomic mass is 9.99. The fraction of sp³-hybridized carbons (Fsp3) is 0.182. The second-order valence-corrected chi connectivity index (χ2v) is 6.99. The Morgan fingerprint density at radius 2 is 1.70 bits per heavy atom. The van der Waals surface area contributed by atoms with Crippen molar-refractivity contribution >= 4 is 34.2 Å². The summed E-state index contributed by atoms with van der Waals surface area (Å²) in [5.41, 5.74) is 1.78. The number of amides is 1. The number of carbonyl (C=O) groups is 2. The highest BCUT2D eigenvalue weighted by Crippen LogP contribution is 2.17. The zero-order valence-electron chi connectivity index (χ0n) is 14.7. The molecule has 3 aromatic carbocycles. The van der Waals surface area contributed by atoms with E-state index in [1.807, 2.05) is 48.5 Å². The Morgan fingerprint density at radius 1 is 0.926 bits per heavy atom. The molecule has 5 heteroatoms. The SMILES string of the molecule is O=C(O)C[C@H](Cc1ccc2ccccc2c1)NC(=O)Cc1cccc(Cl)c1. The first kappa shape index (κ1) is 18.9. The van der Waals surface area contributed by atoms with E-state index in [0.29, 0.717) is 11.4 Å². The lowest BCUT2D eigenvalue weighted by Crippen LogP contribution is -2.38. The smallest absolute Gasteiger partial charge is 0.305 e. The van der Waals surface area contributed by atoms with E-state index in [0.717, 1.165) is 21.9 Å². The van der Waals surface area contributed by atoms with E-state index < -0.39 is 12.0 Å². The zero-order valence-corrected chi connectivity index (χ0v) is 15.4. The van der Waals surface area contributed by atoms with E-state index >= 15 is 0 Å². The number of halogens is 1. The van der Waals surface area contributed by atoms with Crippen molar-refractivity contribution in [3.8, 4) is 0 Å². The zero-order chi connectivity index (χ0) is 19.2. The van der Waals surface area contributed by atoms with Gasteiger partial charge in [0.25, 0.3) is 0 Å². The van der Waals surface area contributed by atoms with Crippen LogP contribution in [-0.4, -0.2) is 23.0 Å². The third-order valence-corrected chi connectivity index (χ3v) is 4.57. The Balaban J connectivity index is 1.70. The predicted molar refractivity (Wildman–Crippen MR) is 107 cm³/mol. The standard InChI is InChI=1S/C22H20ClNO3/c23-19-7-3-4-15(11-19)13-21(25)24-20(14-22(26)27)12-16-8-9-17-5-1-2-6-18(17)10-16/h1-11,20H,12-14H2,(H,24,25)(H,26,27)/t20-/m0/s1. The van der Waals surface area contributed by atoms with Gasteiger partial charge in [-0.05, 0) is 40.5 Å². The number of hydrogen-bond donors (Lipinski definition) is 2. The molecule has 3 aromatic rings. The maximum absolute atomic E-state index is 12.4. The summed E-state index contributed by atoms with van der Waals surface area (Å²) < 4.78 is 0. The van der Waals surface area contributed by atoms with Crippen molar-refractivity contribution in [3.05, 3.63) is 82.9 Å². The minimum absolute atomic E-state index is 0.131.